The molecule has 33 heavy (non-hydrogen) atoms. The van der Waals surface area contributed by atoms with E-state index < -0.39 is 11.9 Å². The second kappa shape index (κ2) is 11.2. The number of esters is 1. The highest BCUT2D eigenvalue weighted by Gasteiger charge is 2.37. The largest absolute Gasteiger partial charge is 0.468 e. The van der Waals surface area contributed by atoms with Crippen LogP contribution in [0.25, 0.3) is 0 Å². The Kier molecular flexibility index (Phi) is 8.17. The first-order valence-corrected chi connectivity index (χ1v) is 11.4. The normalized spacial score (nSPS) is 15.5. The van der Waals surface area contributed by atoms with E-state index in [1.54, 1.807) is 19.1 Å². The molecule has 170 valence electrons. The molecular formula is C25H25N3O4S. The number of benzene rings is 1. The van der Waals surface area contributed by atoms with Gasteiger partial charge >= 0.3 is 5.97 Å². The van der Waals surface area contributed by atoms with Gasteiger partial charge in [-0.05, 0) is 37.1 Å². The van der Waals surface area contributed by atoms with Crippen molar-refractivity contribution in [1.29, 1.82) is 5.26 Å². The summed E-state index contributed by atoms with van der Waals surface area (Å²) in [6.45, 7) is 7.36. The number of carbonyl (C=O) groups is 2. The molecule has 0 spiro atoms. The number of anilines is 1. The second-order valence-electron chi connectivity index (χ2n) is 7.20. The molecular weight excluding hydrogens is 438 g/mol. The third-order valence-electron chi connectivity index (χ3n) is 5.05. The molecule has 0 aliphatic carbocycles. The van der Waals surface area contributed by atoms with Crippen molar-refractivity contribution in [3.63, 3.8) is 0 Å². The summed E-state index contributed by atoms with van der Waals surface area (Å²) in [5.74, 6) is -0.973. The number of rotatable bonds is 9. The van der Waals surface area contributed by atoms with Crippen LogP contribution >= 0.6 is 11.8 Å². The van der Waals surface area contributed by atoms with Gasteiger partial charge < -0.3 is 19.8 Å². The van der Waals surface area contributed by atoms with Crippen molar-refractivity contribution in [2.24, 2.45) is 0 Å². The Morgan fingerprint density at radius 3 is 2.79 bits per heavy atom. The molecule has 0 bridgehead atoms. The van der Waals surface area contributed by atoms with E-state index in [0.717, 1.165) is 17.7 Å². The molecule has 1 aliphatic heterocycles. The van der Waals surface area contributed by atoms with E-state index >= 15 is 0 Å². The number of nitrogens with one attached hydrogen (secondary N) is 2. The van der Waals surface area contributed by atoms with E-state index in [4.69, 9.17) is 9.15 Å². The van der Waals surface area contributed by atoms with Crippen molar-refractivity contribution >= 4 is 29.3 Å². The predicted molar refractivity (Wildman–Crippen MR) is 128 cm³/mol. The van der Waals surface area contributed by atoms with Crippen LogP contribution in [0.2, 0.25) is 0 Å². The van der Waals surface area contributed by atoms with Crippen molar-refractivity contribution in [3.05, 3.63) is 88.5 Å². The maximum Gasteiger partial charge on any atom is 0.337 e. The summed E-state index contributed by atoms with van der Waals surface area (Å²) in [4.78, 5) is 25.4. The first-order chi connectivity index (χ1) is 16.0. The molecule has 0 fully saturated rings. The van der Waals surface area contributed by atoms with Gasteiger partial charge in [-0.15, -0.1) is 0 Å². The molecule has 2 aromatic rings. The number of carbonyl (C=O) groups excluding carboxylic acids is 2. The molecule has 8 heteroatoms. The number of para-hydroxylation sites is 1. The van der Waals surface area contributed by atoms with Gasteiger partial charge in [-0.1, -0.05) is 49.5 Å². The minimum absolute atomic E-state index is 0.0487. The van der Waals surface area contributed by atoms with E-state index in [1.807, 2.05) is 31.2 Å². The average molecular weight is 464 g/mol. The molecule has 2 heterocycles. The third kappa shape index (κ3) is 5.57. The Balaban J connectivity index is 1.84. The summed E-state index contributed by atoms with van der Waals surface area (Å²) in [6, 6.07) is 13.2. The number of hydrogen-bond donors (Lipinski definition) is 2. The van der Waals surface area contributed by atoms with Gasteiger partial charge in [0.25, 0.3) is 0 Å². The predicted octanol–water partition coefficient (Wildman–Crippen LogP) is 4.64. The minimum Gasteiger partial charge on any atom is -0.468 e. The van der Waals surface area contributed by atoms with E-state index in [1.165, 1.54) is 24.1 Å². The van der Waals surface area contributed by atoms with E-state index in [-0.39, 0.29) is 29.4 Å². The fraction of sp³-hybridized carbons (Fsp3) is 0.240. The van der Waals surface area contributed by atoms with Gasteiger partial charge in [0.05, 0.1) is 40.2 Å². The number of nitrogens with zero attached hydrogens (tertiary/aromatic N) is 1. The number of nitriles is 1. The van der Waals surface area contributed by atoms with Gasteiger partial charge in [0, 0.05) is 11.4 Å². The first-order valence-electron chi connectivity index (χ1n) is 10.4. The van der Waals surface area contributed by atoms with Crippen LogP contribution in [-0.2, 0) is 20.7 Å². The van der Waals surface area contributed by atoms with Crippen molar-refractivity contribution in [2.75, 3.05) is 17.7 Å². The molecule has 1 aromatic heterocycles. The highest BCUT2D eigenvalue weighted by Crippen LogP contribution is 2.41. The lowest BCUT2D eigenvalue weighted by Crippen LogP contribution is -2.29. The summed E-state index contributed by atoms with van der Waals surface area (Å²) in [5, 5.41) is 16.5. The quantitative estimate of drug-likeness (QED) is 0.412. The average Bonchev–Trinajstić information content (AvgIpc) is 3.35. The van der Waals surface area contributed by atoms with Crippen molar-refractivity contribution in [2.45, 2.75) is 26.2 Å². The number of furan rings is 1. The van der Waals surface area contributed by atoms with Crippen LogP contribution in [0.3, 0.4) is 0 Å². The van der Waals surface area contributed by atoms with Gasteiger partial charge in [0.15, 0.2) is 0 Å². The van der Waals surface area contributed by atoms with Crippen LogP contribution in [0.1, 0.15) is 31.1 Å². The topological polar surface area (TPSA) is 104 Å². The van der Waals surface area contributed by atoms with E-state index in [0.29, 0.717) is 16.5 Å². The van der Waals surface area contributed by atoms with Crippen LogP contribution in [0, 0.1) is 11.3 Å². The molecule has 0 saturated carbocycles. The Labute approximate surface area is 197 Å². The molecule has 1 aromatic carbocycles. The fourth-order valence-electron chi connectivity index (χ4n) is 3.52. The summed E-state index contributed by atoms with van der Waals surface area (Å²) in [6.07, 6.45) is 3.76. The molecule has 0 saturated heterocycles. The van der Waals surface area contributed by atoms with Crippen molar-refractivity contribution in [1.82, 2.24) is 5.32 Å². The molecule has 1 aliphatic rings. The maximum atomic E-state index is 12.8. The standard InChI is InChI=1S/C25H25N3O4S/c1-4-12-32-25(30)22-16(3)27-24(18(14-26)23(22)20-11-8-13-31-20)33-15-21(29)28-19-10-7-6-9-17(19)5-2/h4,6-11,13,23,27H,1,5,12,15H2,2-3H3,(H,28,29). The van der Waals surface area contributed by atoms with Gasteiger partial charge in [-0.25, -0.2) is 4.79 Å². The maximum absolute atomic E-state index is 12.8. The number of dihydropyridines is 1. The summed E-state index contributed by atoms with van der Waals surface area (Å²) in [5.41, 5.74) is 2.92. The SMILES string of the molecule is C=CCOC(=O)C1=C(C)NC(SCC(=O)Nc2ccccc2CC)=C(C#N)C1c1ccco1. The highest BCUT2D eigenvalue weighted by atomic mass is 32.2. The zero-order chi connectivity index (χ0) is 23.8. The first kappa shape index (κ1) is 24.0. The lowest BCUT2D eigenvalue weighted by Gasteiger charge is -2.27. The molecule has 1 atom stereocenters. The molecule has 3 rings (SSSR count). The van der Waals surface area contributed by atoms with Crippen molar-refractivity contribution in [3.8, 4) is 6.07 Å². The summed E-state index contributed by atoms with van der Waals surface area (Å²) in [7, 11) is 0. The Morgan fingerprint density at radius 1 is 1.33 bits per heavy atom. The molecule has 1 unspecified atom stereocenters. The molecule has 7 nitrogen and oxygen atoms in total. The molecule has 2 N–H and O–H groups in total. The number of aryl methyl sites for hydroxylation is 1. The van der Waals surface area contributed by atoms with Crippen molar-refractivity contribution < 1.29 is 18.7 Å². The lowest BCUT2D eigenvalue weighted by molar-refractivity contribution is -0.138. The monoisotopic (exact) mass is 463 g/mol. The zero-order valence-electron chi connectivity index (χ0n) is 18.5. The number of hydrogen-bond acceptors (Lipinski definition) is 7. The number of ether oxygens (including phenoxy) is 1. The van der Waals surface area contributed by atoms with Crippen LogP contribution in [0.5, 0.6) is 0 Å². The highest BCUT2D eigenvalue weighted by molar-refractivity contribution is 8.03. The van der Waals surface area contributed by atoms with Crippen LogP contribution in [-0.4, -0.2) is 24.2 Å². The number of thioether (sulfide) groups is 1. The molecule has 1 amide bonds. The smallest absolute Gasteiger partial charge is 0.337 e. The summed E-state index contributed by atoms with van der Waals surface area (Å²) >= 11 is 1.20. The Bertz CT molecular complexity index is 1140. The number of allylic oxidation sites excluding steroid dienone is 2. The summed E-state index contributed by atoms with van der Waals surface area (Å²) < 4.78 is 10.8. The third-order valence-corrected chi connectivity index (χ3v) is 6.06. The van der Waals surface area contributed by atoms with Gasteiger partial charge in [0.1, 0.15) is 12.4 Å². The van der Waals surface area contributed by atoms with Gasteiger partial charge in [0.2, 0.25) is 5.91 Å². The fourth-order valence-corrected chi connectivity index (χ4v) is 4.42. The number of amides is 1. The van der Waals surface area contributed by atoms with Gasteiger partial charge in [-0.3, -0.25) is 4.79 Å². The Morgan fingerprint density at radius 2 is 2.12 bits per heavy atom. The Hall–Kier alpha value is -3.70. The van der Waals surface area contributed by atoms with Crippen LogP contribution in [0.15, 0.2) is 81.6 Å². The van der Waals surface area contributed by atoms with E-state index in [9.17, 15) is 14.9 Å². The van der Waals surface area contributed by atoms with Gasteiger partial charge in [-0.2, -0.15) is 5.26 Å². The second-order valence-corrected chi connectivity index (χ2v) is 8.19. The zero-order valence-corrected chi connectivity index (χ0v) is 19.3. The van der Waals surface area contributed by atoms with Crippen LogP contribution in [0.4, 0.5) is 5.69 Å². The minimum atomic E-state index is -0.741. The van der Waals surface area contributed by atoms with Crippen LogP contribution < -0.4 is 10.6 Å². The van der Waals surface area contributed by atoms with E-state index in [2.05, 4.69) is 23.3 Å². The lowest BCUT2D eigenvalue weighted by atomic mass is 9.86. The molecule has 0 radical (unpaired) electrons.